The smallest absolute Gasteiger partial charge is 0.222 e. The quantitative estimate of drug-likeness (QED) is 0.820. The summed E-state index contributed by atoms with van der Waals surface area (Å²) in [4.78, 5) is 14.3. The van der Waals surface area contributed by atoms with Crippen LogP contribution in [-0.4, -0.2) is 43.6 Å². The van der Waals surface area contributed by atoms with E-state index in [1.807, 2.05) is 0 Å². The van der Waals surface area contributed by atoms with Gasteiger partial charge in [-0.15, -0.1) is 0 Å². The van der Waals surface area contributed by atoms with E-state index in [9.17, 15) is 4.79 Å². The highest BCUT2D eigenvalue weighted by atomic mass is 16.5. The second-order valence-corrected chi connectivity index (χ2v) is 7.05. The van der Waals surface area contributed by atoms with E-state index in [1.54, 1.807) is 0 Å². The van der Waals surface area contributed by atoms with Crippen LogP contribution in [0.3, 0.4) is 0 Å². The minimum absolute atomic E-state index is 0.325. The number of nitrogens with zero attached hydrogens (tertiary/aromatic N) is 1. The molecule has 0 aromatic heterocycles. The molecule has 2 atom stereocenters. The Labute approximate surface area is 139 Å². The van der Waals surface area contributed by atoms with Crippen LogP contribution in [0.25, 0.3) is 0 Å². The molecule has 0 saturated carbocycles. The lowest BCUT2D eigenvalue weighted by Gasteiger charge is -2.17. The summed E-state index contributed by atoms with van der Waals surface area (Å²) in [7, 11) is 0. The monoisotopic (exact) mass is 316 g/mol. The zero-order valence-corrected chi connectivity index (χ0v) is 14.3. The molecule has 1 amide bonds. The van der Waals surface area contributed by atoms with E-state index in [1.165, 1.54) is 11.1 Å². The van der Waals surface area contributed by atoms with Gasteiger partial charge in [0.05, 0.1) is 6.61 Å². The molecule has 4 nitrogen and oxygen atoms in total. The van der Waals surface area contributed by atoms with Crippen molar-refractivity contribution in [3.05, 3.63) is 29.3 Å². The fourth-order valence-corrected chi connectivity index (χ4v) is 3.64. The molecule has 3 rings (SSSR count). The van der Waals surface area contributed by atoms with E-state index in [-0.39, 0.29) is 0 Å². The van der Waals surface area contributed by atoms with E-state index < -0.39 is 0 Å². The Morgan fingerprint density at radius 1 is 1.22 bits per heavy atom. The molecule has 4 heteroatoms. The summed E-state index contributed by atoms with van der Waals surface area (Å²) >= 11 is 0. The van der Waals surface area contributed by atoms with Crippen molar-refractivity contribution in [3.8, 4) is 5.75 Å². The largest absolute Gasteiger partial charge is 0.493 e. The molecule has 0 radical (unpaired) electrons. The van der Waals surface area contributed by atoms with E-state index >= 15 is 0 Å². The Morgan fingerprint density at radius 2 is 1.96 bits per heavy atom. The average molecular weight is 316 g/mol. The van der Waals surface area contributed by atoms with Crippen LogP contribution in [-0.2, 0) is 4.79 Å². The fraction of sp³-hybridized carbons (Fsp3) is 0.632. The number of carbonyl (C=O) groups excluding carboxylic acids is 1. The number of likely N-dealkylation sites (tertiary alicyclic amines) is 1. The normalized spacial score (nSPS) is 23.1. The molecule has 2 aliphatic heterocycles. The Morgan fingerprint density at radius 3 is 2.70 bits per heavy atom. The molecule has 0 bridgehead atoms. The van der Waals surface area contributed by atoms with Crippen LogP contribution >= 0.6 is 0 Å². The number of unbranched alkanes of at least 4 members (excludes halogenated alkanes) is 1. The van der Waals surface area contributed by atoms with Gasteiger partial charge in [-0.2, -0.15) is 0 Å². The van der Waals surface area contributed by atoms with Crippen molar-refractivity contribution in [2.45, 2.75) is 33.1 Å². The van der Waals surface area contributed by atoms with Crippen molar-refractivity contribution in [1.82, 2.24) is 10.2 Å². The first-order chi connectivity index (χ1) is 11.1. The van der Waals surface area contributed by atoms with Crippen molar-refractivity contribution in [2.75, 3.05) is 32.8 Å². The van der Waals surface area contributed by atoms with Crippen molar-refractivity contribution >= 4 is 5.91 Å². The number of aryl methyl sites for hydroxylation is 2. The molecule has 2 fully saturated rings. The van der Waals surface area contributed by atoms with Gasteiger partial charge in [0, 0.05) is 32.6 Å². The van der Waals surface area contributed by atoms with Crippen LogP contribution < -0.4 is 10.1 Å². The molecule has 23 heavy (non-hydrogen) atoms. The maximum Gasteiger partial charge on any atom is 0.222 e. The maximum atomic E-state index is 12.3. The number of carbonyl (C=O) groups is 1. The number of amides is 1. The molecule has 0 spiro atoms. The van der Waals surface area contributed by atoms with Gasteiger partial charge in [0.2, 0.25) is 5.91 Å². The lowest BCUT2D eigenvalue weighted by molar-refractivity contribution is -0.130. The first-order valence-electron chi connectivity index (χ1n) is 8.82. The summed E-state index contributed by atoms with van der Waals surface area (Å²) < 4.78 is 5.85. The molecule has 0 unspecified atom stereocenters. The number of fused-ring (bicyclic) bond motifs is 1. The van der Waals surface area contributed by atoms with Crippen molar-refractivity contribution < 1.29 is 9.53 Å². The highest BCUT2D eigenvalue weighted by molar-refractivity contribution is 5.76. The van der Waals surface area contributed by atoms with E-state index in [0.717, 1.165) is 44.8 Å². The summed E-state index contributed by atoms with van der Waals surface area (Å²) in [5.74, 6) is 2.67. The Kier molecular flexibility index (Phi) is 5.21. The highest BCUT2D eigenvalue weighted by Crippen LogP contribution is 2.27. The number of hydrogen-bond acceptors (Lipinski definition) is 3. The van der Waals surface area contributed by atoms with Crippen molar-refractivity contribution in [2.24, 2.45) is 11.8 Å². The van der Waals surface area contributed by atoms with Gasteiger partial charge in [0.1, 0.15) is 5.75 Å². The number of ether oxygens (including phenoxy) is 1. The van der Waals surface area contributed by atoms with Gasteiger partial charge in [-0.1, -0.05) is 12.1 Å². The Hall–Kier alpha value is -1.55. The molecule has 1 N–H and O–H groups in total. The van der Waals surface area contributed by atoms with Crippen LogP contribution in [0.4, 0.5) is 0 Å². The van der Waals surface area contributed by atoms with E-state index in [4.69, 9.17) is 4.74 Å². The standard InChI is InChI=1S/C19H28N2O2/c1-14-6-7-15(2)18(9-14)23-8-4-3-5-19(22)21-12-16-10-20-11-17(16)13-21/h6-7,9,16-17,20H,3-5,8,10-13H2,1-2H3/t16-,17+. The number of hydrogen-bond donors (Lipinski definition) is 1. The first-order valence-corrected chi connectivity index (χ1v) is 8.82. The zero-order chi connectivity index (χ0) is 16.2. The SMILES string of the molecule is Cc1ccc(C)c(OCCCCC(=O)N2C[C@H]3CNC[C@H]3C2)c1. The minimum atomic E-state index is 0.325. The van der Waals surface area contributed by atoms with Crippen LogP contribution in [0.5, 0.6) is 5.75 Å². The van der Waals surface area contributed by atoms with Crippen LogP contribution in [0.1, 0.15) is 30.4 Å². The summed E-state index contributed by atoms with van der Waals surface area (Å²) in [6.45, 7) is 8.90. The third-order valence-electron chi connectivity index (χ3n) is 5.13. The van der Waals surface area contributed by atoms with Crippen molar-refractivity contribution in [3.63, 3.8) is 0 Å². The first kappa shape index (κ1) is 16.3. The molecule has 1 aromatic carbocycles. The predicted octanol–water partition coefficient (Wildman–Crippen LogP) is 2.53. The second-order valence-electron chi connectivity index (χ2n) is 7.05. The van der Waals surface area contributed by atoms with Gasteiger partial charge >= 0.3 is 0 Å². The summed E-state index contributed by atoms with van der Waals surface area (Å²) in [6, 6.07) is 6.27. The second kappa shape index (κ2) is 7.35. The Bertz CT molecular complexity index is 546. The van der Waals surface area contributed by atoms with Crippen LogP contribution in [0.2, 0.25) is 0 Å². The number of rotatable bonds is 6. The van der Waals surface area contributed by atoms with Crippen LogP contribution in [0.15, 0.2) is 18.2 Å². The topological polar surface area (TPSA) is 41.6 Å². The lowest BCUT2D eigenvalue weighted by Crippen LogP contribution is -2.31. The predicted molar refractivity (Wildman–Crippen MR) is 91.7 cm³/mol. The Balaban J connectivity index is 1.34. The molecule has 2 saturated heterocycles. The van der Waals surface area contributed by atoms with E-state index in [0.29, 0.717) is 30.8 Å². The van der Waals surface area contributed by atoms with Gasteiger partial charge in [-0.25, -0.2) is 0 Å². The molecular weight excluding hydrogens is 288 g/mol. The highest BCUT2D eigenvalue weighted by Gasteiger charge is 2.37. The molecule has 0 aliphatic carbocycles. The number of benzene rings is 1. The van der Waals surface area contributed by atoms with E-state index in [2.05, 4.69) is 42.3 Å². The van der Waals surface area contributed by atoms with Gasteiger partial charge in [-0.05, 0) is 55.7 Å². The van der Waals surface area contributed by atoms with Gasteiger partial charge in [-0.3, -0.25) is 4.79 Å². The molecule has 2 aliphatic rings. The fourth-order valence-electron chi connectivity index (χ4n) is 3.64. The molecule has 1 aromatic rings. The summed E-state index contributed by atoms with van der Waals surface area (Å²) in [5.41, 5.74) is 2.39. The minimum Gasteiger partial charge on any atom is -0.493 e. The molecule has 2 heterocycles. The third kappa shape index (κ3) is 4.05. The molecular formula is C19H28N2O2. The molecule has 126 valence electrons. The van der Waals surface area contributed by atoms with Gasteiger partial charge < -0.3 is 15.0 Å². The number of nitrogens with one attached hydrogen (secondary N) is 1. The zero-order valence-electron chi connectivity index (χ0n) is 14.3. The van der Waals surface area contributed by atoms with Crippen LogP contribution in [0, 0.1) is 25.7 Å². The lowest BCUT2D eigenvalue weighted by atomic mass is 10.0. The average Bonchev–Trinajstić information content (AvgIpc) is 3.11. The maximum absolute atomic E-state index is 12.3. The summed E-state index contributed by atoms with van der Waals surface area (Å²) in [6.07, 6.45) is 2.50. The van der Waals surface area contributed by atoms with Gasteiger partial charge in [0.15, 0.2) is 0 Å². The summed E-state index contributed by atoms with van der Waals surface area (Å²) in [5, 5.41) is 3.41. The van der Waals surface area contributed by atoms with Crippen molar-refractivity contribution in [1.29, 1.82) is 0 Å². The third-order valence-corrected chi connectivity index (χ3v) is 5.13. The van der Waals surface area contributed by atoms with Gasteiger partial charge in [0.25, 0.3) is 0 Å².